The van der Waals surface area contributed by atoms with Crippen molar-refractivity contribution in [2.75, 3.05) is 26.7 Å². The summed E-state index contributed by atoms with van der Waals surface area (Å²) >= 11 is 0. The van der Waals surface area contributed by atoms with E-state index in [1.165, 1.54) is 7.11 Å². The summed E-state index contributed by atoms with van der Waals surface area (Å²) < 4.78 is 5.28. The number of hydrogen-bond acceptors (Lipinski definition) is 5. The van der Waals surface area contributed by atoms with Crippen molar-refractivity contribution in [2.45, 2.75) is 44.7 Å². The molecule has 2 N–H and O–H groups in total. The molecule has 3 fully saturated rings. The number of aromatic nitrogens is 1. The molecule has 1 aromatic rings. The van der Waals surface area contributed by atoms with Gasteiger partial charge in [-0.3, -0.25) is 14.6 Å². The van der Waals surface area contributed by atoms with E-state index in [1.807, 2.05) is 6.92 Å². The summed E-state index contributed by atoms with van der Waals surface area (Å²) in [7, 11) is 1.54. The quantitative estimate of drug-likeness (QED) is 0.827. The molecule has 0 radical (unpaired) electrons. The summed E-state index contributed by atoms with van der Waals surface area (Å²) in [5.41, 5.74) is 1.26. The molecular formula is C20H28N4O3. The van der Waals surface area contributed by atoms with E-state index in [0.717, 1.165) is 38.0 Å². The molecule has 0 aromatic carbocycles. The van der Waals surface area contributed by atoms with Crippen molar-refractivity contribution in [3.8, 4) is 5.75 Å². The molecule has 1 aromatic heterocycles. The van der Waals surface area contributed by atoms with Crippen LogP contribution in [0.3, 0.4) is 0 Å². The Balaban J connectivity index is 1.51. The molecular weight excluding hydrogens is 344 g/mol. The van der Waals surface area contributed by atoms with Gasteiger partial charge in [0.2, 0.25) is 5.91 Å². The number of piperidine rings is 3. The van der Waals surface area contributed by atoms with Crippen LogP contribution in [0.4, 0.5) is 0 Å². The van der Waals surface area contributed by atoms with E-state index in [2.05, 4.69) is 20.5 Å². The molecule has 2 amide bonds. The number of hydrogen-bond donors (Lipinski definition) is 2. The molecule has 27 heavy (non-hydrogen) atoms. The smallest absolute Gasteiger partial charge is 0.255 e. The lowest BCUT2D eigenvalue weighted by Crippen LogP contribution is -2.66. The van der Waals surface area contributed by atoms with Crippen LogP contribution >= 0.6 is 0 Å². The number of amides is 2. The molecule has 146 valence electrons. The minimum Gasteiger partial charge on any atom is -0.494 e. The second-order valence-corrected chi connectivity index (χ2v) is 7.98. The highest BCUT2D eigenvalue weighted by molar-refractivity contribution is 5.97. The van der Waals surface area contributed by atoms with Crippen LogP contribution in [0.5, 0.6) is 5.75 Å². The molecule has 0 aliphatic carbocycles. The van der Waals surface area contributed by atoms with Crippen LogP contribution in [0.1, 0.15) is 41.7 Å². The van der Waals surface area contributed by atoms with Crippen molar-refractivity contribution < 1.29 is 14.3 Å². The first-order valence-electron chi connectivity index (χ1n) is 9.89. The highest BCUT2D eigenvalue weighted by Gasteiger charge is 2.47. The molecule has 4 rings (SSSR count). The molecule has 7 nitrogen and oxygen atoms in total. The number of aryl methyl sites for hydroxylation is 1. The molecule has 0 saturated carbocycles. The molecule has 3 aliphatic rings. The number of fused-ring (bicyclic) bond motifs is 4. The van der Waals surface area contributed by atoms with Gasteiger partial charge in [-0.05, 0) is 50.6 Å². The molecule has 4 atom stereocenters. The number of ether oxygens (including phenoxy) is 1. The lowest BCUT2D eigenvalue weighted by molar-refractivity contribution is -0.148. The summed E-state index contributed by atoms with van der Waals surface area (Å²) in [5.74, 6) is 1.48. The predicted octanol–water partition coefficient (Wildman–Crippen LogP) is 1.12. The SMILES string of the molecule is COc1cnc(C)cc1C(=O)NC[C@H]1[C@@H]2CNC[C@@H](C2)[C@@H]2CCCC(=O)N21. The molecule has 4 heterocycles. The van der Waals surface area contributed by atoms with Crippen molar-refractivity contribution >= 4 is 11.8 Å². The van der Waals surface area contributed by atoms with Crippen LogP contribution in [0.25, 0.3) is 0 Å². The van der Waals surface area contributed by atoms with E-state index < -0.39 is 0 Å². The van der Waals surface area contributed by atoms with Crippen molar-refractivity contribution in [1.29, 1.82) is 0 Å². The van der Waals surface area contributed by atoms with Crippen molar-refractivity contribution in [1.82, 2.24) is 20.5 Å². The normalized spacial score (nSPS) is 29.9. The van der Waals surface area contributed by atoms with Crippen LogP contribution in [-0.2, 0) is 4.79 Å². The zero-order chi connectivity index (χ0) is 19.0. The summed E-state index contributed by atoms with van der Waals surface area (Å²) in [6, 6.07) is 2.11. The zero-order valence-electron chi connectivity index (χ0n) is 16.0. The number of rotatable bonds is 4. The predicted molar refractivity (Wildman–Crippen MR) is 101 cm³/mol. The lowest BCUT2D eigenvalue weighted by Gasteiger charge is -2.54. The Kier molecular flexibility index (Phi) is 5.04. The van der Waals surface area contributed by atoms with Crippen LogP contribution in [0.2, 0.25) is 0 Å². The third kappa shape index (κ3) is 3.40. The Morgan fingerprint density at radius 1 is 1.41 bits per heavy atom. The number of methoxy groups -OCH3 is 1. The minimum absolute atomic E-state index is 0.0599. The number of pyridine rings is 1. The van der Waals surface area contributed by atoms with Gasteiger partial charge in [-0.2, -0.15) is 0 Å². The highest BCUT2D eigenvalue weighted by Crippen LogP contribution is 2.39. The van der Waals surface area contributed by atoms with Gasteiger partial charge in [0.05, 0.1) is 24.9 Å². The maximum absolute atomic E-state index is 12.8. The lowest BCUT2D eigenvalue weighted by atomic mass is 9.72. The number of nitrogens with zero attached hydrogens (tertiary/aromatic N) is 2. The van der Waals surface area contributed by atoms with Crippen LogP contribution < -0.4 is 15.4 Å². The Morgan fingerprint density at radius 2 is 2.22 bits per heavy atom. The maximum atomic E-state index is 12.8. The van der Waals surface area contributed by atoms with E-state index in [-0.39, 0.29) is 17.9 Å². The van der Waals surface area contributed by atoms with Crippen molar-refractivity contribution in [2.24, 2.45) is 11.8 Å². The Bertz CT molecular complexity index is 738. The third-order valence-corrected chi connectivity index (χ3v) is 6.34. The maximum Gasteiger partial charge on any atom is 0.255 e. The van der Waals surface area contributed by atoms with Crippen LogP contribution in [-0.4, -0.2) is 60.5 Å². The third-order valence-electron chi connectivity index (χ3n) is 6.34. The Morgan fingerprint density at radius 3 is 3.04 bits per heavy atom. The van der Waals surface area contributed by atoms with E-state index in [4.69, 9.17) is 4.74 Å². The Labute approximate surface area is 159 Å². The first-order chi connectivity index (χ1) is 13.1. The average molecular weight is 372 g/mol. The van der Waals surface area contributed by atoms with Gasteiger partial charge in [0.1, 0.15) is 5.75 Å². The highest BCUT2D eigenvalue weighted by atomic mass is 16.5. The van der Waals surface area contributed by atoms with Crippen LogP contribution in [0, 0.1) is 18.8 Å². The van der Waals surface area contributed by atoms with E-state index in [0.29, 0.717) is 42.2 Å². The monoisotopic (exact) mass is 372 g/mol. The number of carbonyl (C=O) groups excluding carboxylic acids is 2. The van der Waals surface area contributed by atoms with E-state index in [1.54, 1.807) is 12.3 Å². The molecule has 2 bridgehead atoms. The molecule has 0 unspecified atom stereocenters. The van der Waals surface area contributed by atoms with E-state index >= 15 is 0 Å². The van der Waals surface area contributed by atoms with Gasteiger partial charge in [-0.1, -0.05) is 0 Å². The fourth-order valence-electron chi connectivity index (χ4n) is 5.08. The first kappa shape index (κ1) is 18.2. The molecule has 0 spiro atoms. The first-order valence-corrected chi connectivity index (χ1v) is 9.89. The van der Waals surface area contributed by atoms with Crippen LogP contribution in [0.15, 0.2) is 12.3 Å². The minimum atomic E-state index is -0.177. The van der Waals surface area contributed by atoms with Crippen molar-refractivity contribution in [3.05, 3.63) is 23.5 Å². The van der Waals surface area contributed by atoms with Gasteiger partial charge in [0.25, 0.3) is 5.91 Å². The summed E-state index contributed by atoms with van der Waals surface area (Å²) in [6.07, 6.45) is 5.40. The summed E-state index contributed by atoms with van der Waals surface area (Å²) in [6.45, 7) is 4.23. The number of carbonyl (C=O) groups is 2. The van der Waals surface area contributed by atoms with Gasteiger partial charge in [0.15, 0.2) is 0 Å². The van der Waals surface area contributed by atoms with Gasteiger partial charge >= 0.3 is 0 Å². The van der Waals surface area contributed by atoms with Gasteiger partial charge in [-0.15, -0.1) is 0 Å². The summed E-state index contributed by atoms with van der Waals surface area (Å²) in [5, 5.41) is 6.59. The standard InChI is InChI=1S/C20H28N4O3/c1-12-6-15(18(27-2)11-22-12)20(26)23-10-17-14-7-13(8-21-9-14)16-4-3-5-19(25)24(16)17/h6,11,13-14,16-17,21H,3-5,7-10H2,1-2H3,(H,23,26)/t13-,14+,16+,17+/m1/s1. The largest absolute Gasteiger partial charge is 0.494 e. The molecule has 3 saturated heterocycles. The number of nitrogens with one attached hydrogen (secondary N) is 2. The summed E-state index contributed by atoms with van der Waals surface area (Å²) in [4.78, 5) is 31.8. The fourth-order valence-corrected chi connectivity index (χ4v) is 5.08. The average Bonchev–Trinajstić information content (AvgIpc) is 2.68. The second-order valence-electron chi connectivity index (χ2n) is 7.98. The topological polar surface area (TPSA) is 83.6 Å². The Hall–Kier alpha value is -2.15. The van der Waals surface area contributed by atoms with Gasteiger partial charge in [0, 0.05) is 31.2 Å². The second kappa shape index (κ2) is 7.46. The van der Waals surface area contributed by atoms with Gasteiger partial charge < -0.3 is 20.3 Å². The van der Waals surface area contributed by atoms with E-state index in [9.17, 15) is 9.59 Å². The van der Waals surface area contributed by atoms with Crippen molar-refractivity contribution in [3.63, 3.8) is 0 Å². The molecule has 3 aliphatic heterocycles. The zero-order valence-corrected chi connectivity index (χ0v) is 16.0. The fraction of sp³-hybridized carbons (Fsp3) is 0.650. The van der Waals surface area contributed by atoms with Gasteiger partial charge in [-0.25, -0.2) is 0 Å². The molecule has 7 heteroatoms.